The van der Waals surface area contributed by atoms with Gasteiger partial charge in [0, 0.05) is 5.56 Å². The number of aliphatic hydroxyl groups is 1. The number of hydrogen-bond donors (Lipinski definition) is 1. The maximum absolute atomic E-state index is 12.1. The summed E-state index contributed by atoms with van der Waals surface area (Å²) in [6.07, 6.45) is 0. The first-order valence-electron chi connectivity index (χ1n) is 6.27. The van der Waals surface area contributed by atoms with Gasteiger partial charge in [0.25, 0.3) is 5.91 Å². The minimum Gasteiger partial charge on any atom is -0.503 e. The van der Waals surface area contributed by atoms with Crippen molar-refractivity contribution >= 4 is 11.7 Å². The molecule has 6 nitrogen and oxygen atoms in total. The molecule has 0 radical (unpaired) electrons. The van der Waals surface area contributed by atoms with Crippen molar-refractivity contribution in [2.75, 3.05) is 13.7 Å². The number of amides is 1. The van der Waals surface area contributed by atoms with Crippen molar-refractivity contribution in [2.45, 2.75) is 13.0 Å². The number of carbonyl (C=O) groups is 2. The molecule has 1 aliphatic rings. The van der Waals surface area contributed by atoms with E-state index in [4.69, 9.17) is 10.00 Å². The van der Waals surface area contributed by atoms with Gasteiger partial charge in [-0.15, -0.1) is 0 Å². The van der Waals surface area contributed by atoms with Crippen LogP contribution in [0.5, 0.6) is 5.75 Å². The van der Waals surface area contributed by atoms with Crippen LogP contribution in [-0.4, -0.2) is 35.4 Å². The topological polar surface area (TPSA) is 90.6 Å². The van der Waals surface area contributed by atoms with E-state index in [2.05, 4.69) is 0 Å². The summed E-state index contributed by atoms with van der Waals surface area (Å²) in [5, 5.41) is 18.8. The van der Waals surface area contributed by atoms with Crippen molar-refractivity contribution in [1.29, 1.82) is 5.26 Å². The molecule has 1 atom stereocenters. The number of ether oxygens (including phenoxy) is 1. The molecule has 21 heavy (non-hydrogen) atoms. The van der Waals surface area contributed by atoms with E-state index in [0.717, 1.165) is 4.90 Å². The molecule has 1 aromatic rings. The van der Waals surface area contributed by atoms with Crippen LogP contribution >= 0.6 is 0 Å². The van der Waals surface area contributed by atoms with Crippen LogP contribution < -0.4 is 4.74 Å². The van der Waals surface area contributed by atoms with Gasteiger partial charge in [-0.2, -0.15) is 5.26 Å². The lowest BCUT2D eigenvalue weighted by atomic mass is 9.96. The van der Waals surface area contributed by atoms with Gasteiger partial charge in [-0.1, -0.05) is 18.2 Å². The van der Waals surface area contributed by atoms with Crippen LogP contribution in [-0.2, 0) is 9.59 Å². The summed E-state index contributed by atoms with van der Waals surface area (Å²) >= 11 is 0. The highest BCUT2D eigenvalue weighted by Gasteiger charge is 2.43. The van der Waals surface area contributed by atoms with Crippen molar-refractivity contribution in [2.24, 2.45) is 0 Å². The van der Waals surface area contributed by atoms with Crippen LogP contribution in [0.1, 0.15) is 18.5 Å². The summed E-state index contributed by atoms with van der Waals surface area (Å²) in [5.74, 6) is -1.27. The van der Waals surface area contributed by atoms with E-state index in [1.807, 2.05) is 6.07 Å². The molecule has 0 aliphatic carbocycles. The fourth-order valence-corrected chi connectivity index (χ4v) is 2.47. The Bertz CT molecular complexity index is 672. The van der Waals surface area contributed by atoms with E-state index in [9.17, 15) is 14.7 Å². The van der Waals surface area contributed by atoms with Gasteiger partial charge in [0.1, 0.15) is 12.3 Å². The third-order valence-corrected chi connectivity index (χ3v) is 3.36. The molecule has 1 N–H and O–H groups in total. The van der Waals surface area contributed by atoms with Gasteiger partial charge in [0.05, 0.1) is 24.8 Å². The summed E-state index contributed by atoms with van der Waals surface area (Å²) in [6, 6.07) is 7.94. The van der Waals surface area contributed by atoms with E-state index in [0.29, 0.717) is 11.3 Å². The summed E-state index contributed by atoms with van der Waals surface area (Å²) < 4.78 is 5.25. The molecule has 0 saturated heterocycles. The van der Waals surface area contributed by atoms with E-state index in [1.54, 1.807) is 24.3 Å². The molecule has 6 heteroatoms. The number of methoxy groups -OCH3 is 1. The smallest absolute Gasteiger partial charge is 0.290 e. The first-order chi connectivity index (χ1) is 10.0. The fraction of sp³-hybridized carbons (Fsp3) is 0.267. The van der Waals surface area contributed by atoms with Crippen molar-refractivity contribution < 1.29 is 19.4 Å². The molecule has 0 aromatic heterocycles. The number of benzene rings is 1. The third-order valence-electron chi connectivity index (χ3n) is 3.36. The zero-order chi connectivity index (χ0) is 15.6. The molecular formula is C15H14N2O4. The SMILES string of the molecule is COc1ccccc1C1C(C(C)=O)=C(O)C(=O)N1CC#N. The second kappa shape index (κ2) is 5.67. The van der Waals surface area contributed by atoms with Gasteiger partial charge in [0.2, 0.25) is 0 Å². The normalized spacial score (nSPS) is 17.9. The number of nitrogens with zero attached hydrogens (tertiary/aromatic N) is 2. The second-order valence-corrected chi connectivity index (χ2v) is 4.55. The zero-order valence-electron chi connectivity index (χ0n) is 11.7. The van der Waals surface area contributed by atoms with E-state index in [-0.39, 0.29) is 12.1 Å². The van der Waals surface area contributed by atoms with Gasteiger partial charge in [0.15, 0.2) is 11.5 Å². The minimum atomic E-state index is -0.814. The quantitative estimate of drug-likeness (QED) is 0.847. The number of Topliss-reactive ketones (excluding diaryl/α,β-unsaturated/α-hetero) is 1. The lowest BCUT2D eigenvalue weighted by Crippen LogP contribution is -2.31. The number of para-hydroxylation sites is 1. The molecule has 1 heterocycles. The number of rotatable bonds is 4. The van der Waals surface area contributed by atoms with Gasteiger partial charge in [-0.25, -0.2) is 0 Å². The molecule has 1 aromatic carbocycles. The number of hydrogen-bond acceptors (Lipinski definition) is 5. The Balaban J connectivity index is 2.63. The first-order valence-corrected chi connectivity index (χ1v) is 6.27. The van der Waals surface area contributed by atoms with Crippen LogP contribution in [0, 0.1) is 11.3 Å². The average Bonchev–Trinajstić information content (AvgIpc) is 2.72. The molecule has 1 unspecified atom stereocenters. The molecule has 2 rings (SSSR count). The largest absolute Gasteiger partial charge is 0.503 e. The number of carbonyl (C=O) groups excluding carboxylic acids is 2. The van der Waals surface area contributed by atoms with Crippen LogP contribution in [0.2, 0.25) is 0 Å². The standard InChI is InChI=1S/C15H14N2O4/c1-9(18)12-13(10-5-3-4-6-11(10)21-2)17(8-7-16)15(20)14(12)19/h3-6,13,19H,8H2,1-2H3. The molecule has 1 aliphatic heterocycles. The Kier molecular flexibility index (Phi) is 3.94. The average molecular weight is 286 g/mol. The van der Waals surface area contributed by atoms with Crippen molar-refractivity contribution in [3.8, 4) is 11.8 Å². The summed E-state index contributed by atoms with van der Waals surface area (Å²) in [5.41, 5.74) is 0.539. The zero-order valence-corrected chi connectivity index (χ0v) is 11.7. The number of ketones is 1. The van der Waals surface area contributed by atoms with E-state index in [1.165, 1.54) is 14.0 Å². The number of aliphatic hydroxyl groups excluding tert-OH is 1. The Hall–Kier alpha value is -2.81. The summed E-state index contributed by atoms with van der Waals surface area (Å²) in [6.45, 7) is 1.04. The molecule has 108 valence electrons. The first kappa shape index (κ1) is 14.6. The molecule has 1 amide bonds. The van der Waals surface area contributed by atoms with Crippen LogP contribution in [0.3, 0.4) is 0 Å². The highest BCUT2D eigenvalue weighted by Crippen LogP contribution is 2.40. The summed E-state index contributed by atoms with van der Waals surface area (Å²) in [7, 11) is 1.47. The highest BCUT2D eigenvalue weighted by atomic mass is 16.5. The second-order valence-electron chi connectivity index (χ2n) is 4.55. The molecular weight excluding hydrogens is 272 g/mol. The Morgan fingerprint density at radius 2 is 2.14 bits per heavy atom. The fourth-order valence-electron chi connectivity index (χ4n) is 2.47. The van der Waals surface area contributed by atoms with E-state index >= 15 is 0 Å². The summed E-state index contributed by atoms with van der Waals surface area (Å²) in [4.78, 5) is 25.0. The van der Waals surface area contributed by atoms with Gasteiger partial charge in [-0.3, -0.25) is 9.59 Å². The minimum absolute atomic E-state index is 0.0141. The molecule has 0 saturated carbocycles. The molecule has 0 bridgehead atoms. The van der Waals surface area contributed by atoms with Crippen LogP contribution in [0.4, 0.5) is 0 Å². The lowest BCUT2D eigenvalue weighted by Gasteiger charge is -2.25. The predicted molar refractivity (Wildman–Crippen MR) is 73.4 cm³/mol. The molecule has 0 spiro atoms. The van der Waals surface area contributed by atoms with Crippen molar-refractivity contribution in [3.05, 3.63) is 41.2 Å². The van der Waals surface area contributed by atoms with Crippen molar-refractivity contribution in [3.63, 3.8) is 0 Å². The Labute approximate surface area is 121 Å². The maximum atomic E-state index is 12.1. The molecule has 0 fully saturated rings. The van der Waals surface area contributed by atoms with Gasteiger partial charge >= 0.3 is 0 Å². The maximum Gasteiger partial charge on any atom is 0.290 e. The van der Waals surface area contributed by atoms with Crippen LogP contribution in [0.15, 0.2) is 35.6 Å². The van der Waals surface area contributed by atoms with Gasteiger partial charge in [-0.05, 0) is 13.0 Å². The third kappa shape index (κ3) is 2.34. The van der Waals surface area contributed by atoms with Gasteiger partial charge < -0.3 is 14.7 Å². The lowest BCUT2D eigenvalue weighted by molar-refractivity contribution is -0.128. The highest BCUT2D eigenvalue weighted by molar-refractivity contribution is 6.08. The monoisotopic (exact) mass is 286 g/mol. The Morgan fingerprint density at radius 3 is 2.71 bits per heavy atom. The Morgan fingerprint density at radius 1 is 1.48 bits per heavy atom. The van der Waals surface area contributed by atoms with Crippen molar-refractivity contribution in [1.82, 2.24) is 4.90 Å². The number of nitriles is 1. The van der Waals surface area contributed by atoms with Crippen LogP contribution in [0.25, 0.3) is 0 Å². The predicted octanol–water partition coefficient (Wildman–Crippen LogP) is 1.50. The van der Waals surface area contributed by atoms with E-state index < -0.39 is 23.5 Å².